The Balaban J connectivity index is 1.77. The van der Waals surface area contributed by atoms with Gasteiger partial charge in [-0.25, -0.2) is 0 Å². The van der Waals surface area contributed by atoms with Crippen molar-refractivity contribution in [3.05, 3.63) is 22.7 Å². The molecule has 0 bridgehead atoms. The third kappa shape index (κ3) is 4.42. The van der Waals surface area contributed by atoms with Gasteiger partial charge in [-0.15, -0.1) is 5.53 Å². The molecule has 0 spiro atoms. The van der Waals surface area contributed by atoms with Crippen molar-refractivity contribution in [2.75, 3.05) is 33.4 Å². The van der Waals surface area contributed by atoms with Crippen molar-refractivity contribution >= 4 is 34.9 Å². The predicted octanol–water partition coefficient (Wildman–Crippen LogP) is 2.98. The third-order valence-corrected chi connectivity index (χ3v) is 6.31. The molecule has 4 rings (SSSR count). The van der Waals surface area contributed by atoms with Crippen LogP contribution >= 0.6 is 11.6 Å². The van der Waals surface area contributed by atoms with Gasteiger partial charge in [-0.1, -0.05) is 11.6 Å². The minimum Gasteiger partial charge on any atom is -0.508 e. The first kappa shape index (κ1) is 23.5. The summed E-state index contributed by atoms with van der Waals surface area (Å²) in [7, 11) is 0. The lowest BCUT2D eigenvalue weighted by atomic mass is 10.2. The van der Waals surface area contributed by atoms with Gasteiger partial charge in [-0.3, -0.25) is 10.0 Å². The smallest absolute Gasteiger partial charge is 0.229 e. The van der Waals surface area contributed by atoms with Gasteiger partial charge in [0.1, 0.15) is 17.2 Å². The number of anilines is 4. The van der Waals surface area contributed by atoms with Crippen molar-refractivity contribution < 1.29 is 15.3 Å². The van der Waals surface area contributed by atoms with Crippen LogP contribution < -0.4 is 25.8 Å². The molecule has 0 radical (unpaired) electrons. The van der Waals surface area contributed by atoms with E-state index in [2.05, 4.69) is 38.5 Å². The van der Waals surface area contributed by atoms with E-state index < -0.39 is 0 Å². The monoisotopic (exact) mass is 477 g/mol. The second-order valence-corrected chi connectivity index (χ2v) is 9.44. The minimum absolute atomic E-state index is 0.0150. The molecule has 3 heterocycles. The van der Waals surface area contributed by atoms with Gasteiger partial charge in [0, 0.05) is 36.8 Å². The van der Waals surface area contributed by atoms with E-state index in [1.807, 2.05) is 14.9 Å². The quantitative estimate of drug-likeness (QED) is 0.380. The largest absolute Gasteiger partial charge is 0.508 e. The van der Waals surface area contributed by atoms with Crippen LogP contribution in [0.2, 0.25) is 5.02 Å². The zero-order valence-corrected chi connectivity index (χ0v) is 20.1. The van der Waals surface area contributed by atoms with Gasteiger partial charge < -0.3 is 25.5 Å². The number of rotatable bonds is 7. The Labute approximate surface area is 198 Å². The highest BCUT2D eigenvalue weighted by Crippen LogP contribution is 2.42. The van der Waals surface area contributed by atoms with Crippen LogP contribution in [0.25, 0.3) is 0 Å². The molecule has 11 heteroatoms. The van der Waals surface area contributed by atoms with E-state index in [0.29, 0.717) is 17.3 Å². The maximum absolute atomic E-state index is 10.3. The molecule has 0 saturated carbocycles. The summed E-state index contributed by atoms with van der Waals surface area (Å²) < 4.78 is 0. The van der Waals surface area contributed by atoms with Crippen molar-refractivity contribution in [1.29, 1.82) is 0 Å². The van der Waals surface area contributed by atoms with Crippen molar-refractivity contribution in [3.8, 4) is 11.5 Å². The van der Waals surface area contributed by atoms with Crippen LogP contribution in [0.4, 0.5) is 23.3 Å². The van der Waals surface area contributed by atoms with E-state index in [9.17, 15) is 15.3 Å². The van der Waals surface area contributed by atoms with Crippen LogP contribution in [-0.4, -0.2) is 56.6 Å². The van der Waals surface area contributed by atoms with Crippen molar-refractivity contribution in [2.24, 2.45) is 0 Å². The number of phenolic OH excluding ortho intramolecular Hbond substituents is 2. The summed E-state index contributed by atoms with van der Waals surface area (Å²) in [6, 6.07) is 2.99. The average molecular weight is 478 g/mol. The lowest BCUT2D eigenvalue weighted by molar-refractivity contribution is 0.265. The Kier molecular flexibility index (Phi) is 6.60. The molecule has 1 aromatic heterocycles. The summed E-state index contributed by atoms with van der Waals surface area (Å²) in [5.41, 5.74) is 4.71. The molecule has 2 aromatic rings. The van der Waals surface area contributed by atoms with Crippen molar-refractivity contribution in [3.63, 3.8) is 0 Å². The number of hydrogen-bond donors (Lipinski definition) is 5. The molecule has 180 valence electrons. The topological polar surface area (TPSA) is 120 Å². The number of phenols is 2. The molecular weight excluding hydrogens is 446 g/mol. The van der Waals surface area contributed by atoms with E-state index in [-0.39, 0.29) is 47.8 Å². The highest BCUT2D eigenvalue weighted by Gasteiger charge is 2.36. The van der Waals surface area contributed by atoms with Crippen LogP contribution in [0, 0.1) is 0 Å². The normalized spacial score (nSPS) is 18.1. The van der Waals surface area contributed by atoms with Crippen LogP contribution in [0.15, 0.2) is 12.1 Å². The first-order chi connectivity index (χ1) is 15.7. The maximum atomic E-state index is 10.3. The average Bonchev–Trinajstić information content (AvgIpc) is 3.39. The minimum atomic E-state index is -0.0980. The van der Waals surface area contributed by atoms with E-state index in [0.717, 1.165) is 30.9 Å². The Morgan fingerprint density at radius 3 is 2.52 bits per heavy atom. The van der Waals surface area contributed by atoms with E-state index in [4.69, 9.17) is 21.6 Å². The second kappa shape index (κ2) is 9.28. The number of aromatic hydroxyl groups is 2. The SMILES string of the molecule is CC(C)N1NN(C(C)C)c2c(NCc3cc(O)c(Cl)cc3O)nc(N3CCC[C@@H]3CO)nc21. The van der Waals surface area contributed by atoms with E-state index in [1.54, 1.807) is 0 Å². The molecular formula is C22H32ClN7O3. The maximum Gasteiger partial charge on any atom is 0.229 e. The van der Waals surface area contributed by atoms with E-state index in [1.165, 1.54) is 12.1 Å². The third-order valence-electron chi connectivity index (χ3n) is 6.01. The molecule has 2 aliphatic heterocycles. The van der Waals surface area contributed by atoms with Gasteiger partial charge in [0.15, 0.2) is 11.6 Å². The molecule has 1 aromatic carbocycles. The summed E-state index contributed by atoms with van der Waals surface area (Å²) in [4.78, 5) is 11.8. The van der Waals surface area contributed by atoms with Crippen LogP contribution in [0.5, 0.6) is 11.5 Å². The molecule has 1 saturated heterocycles. The highest BCUT2D eigenvalue weighted by atomic mass is 35.5. The van der Waals surface area contributed by atoms with Crippen molar-refractivity contribution in [2.45, 2.75) is 65.2 Å². The highest BCUT2D eigenvalue weighted by molar-refractivity contribution is 6.32. The van der Waals surface area contributed by atoms with Crippen LogP contribution in [0.1, 0.15) is 46.1 Å². The van der Waals surface area contributed by atoms with Gasteiger partial charge in [-0.05, 0) is 46.6 Å². The molecule has 0 aliphatic carbocycles. The lowest BCUT2D eigenvalue weighted by Gasteiger charge is -2.27. The van der Waals surface area contributed by atoms with Gasteiger partial charge >= 0.3 is 0 Å². The summed E-state index contributed by atoms with van der Waals surface area (Å²) in [6.07, 6.45) is 1.86. The summed E-state index contributed by atoms with van der Waals surface area (Å²) >= 11 is 5.90. The number of nitrogens with one attached hydrogen (secondary N) is 2. The molecule has 2 aliphatic rings. The number of hydrogen-bond acceptors (Lipinski definition) is 10. The fourth-order valence-corrected chi connectivity index (χ4v) is 4.38. The number of hydrazine groups is 2. The number of halogens is 1. The van der Waals surface area contributed by atoms with Gasteiger partial charge in [0.05, 0.1) is 17.7 Å². The number of nitrogens with zero attached hydrogens (tertiary/aromatic N) is 5. The number of aromatic nitrogens is 2. The van der Waals surface area contributed by atoms with E-state index >= 15 is 0 Å². The van der Waals surface area contributed by atoms with Crippen LogP contribution in [-0.2, 0) is 6.54 Å². The number of aliphatic hydroxyl groups is 1. The Bertz CT molecular complexity index is 1020. The van der Waals surface area contributed by atoms with Gasteiger partial charge in [0.2, 0.25) is 5.95 Å². The predicted molar refractivity (Wildman–Crippen MR) is 130 cm³/mol. The molecule has 33 heavy (non-hydrogen) atoms. The molecule has 1 fully saturated rings. The number of fused-ring (bicyclic) bond motifs is 1. The zero-order valence-electron chi connectivity index (χ0n) is 19.4. The molecule has 1 atom stereocenters. The summed E-state index contributed by atoms with van der Waals surface area (Å²) in [6.45, 7) is 9.35. The van der Waals surface area contributed by atoms with Crippen molar-refractivity contribution in [1.82, 2.24) is 15.5 Å². The molecule has 0 unspecified atom stereocenters. The zero-order chi connectivity index (χ0) is 23.9. The fourth-order valence-electron chi connectivity index (χ4n) is 4.22. The van der Waals surface area contributed by atoms with Crippen LogP contribution in [0.3, 0.4) is 0 Å². The summed E-state index contributed by atoms with van der Waals surface area (Å²) in [5, 5.41) is 37.5. The summed E-state index contributed by atoms with van der Waals surface area (Å²) in [5.74, 6) is 1.78. The standard InChI is InChI=1S/C22H32ClN7O3/c1-12(2)29-19-20(24-10-14-8-18(33)16(23)9-17(14)32)25-22(28-7-5-6-15(28)11-31)26-21(19)30(27-29)13(3)4/h8-9,12-13,15,27,31-33H,5-7,10-11H2,1-4H3,(H,24,25,26)/t15-/m1/s1. The fraction of sp³-hybridized carbons (Fsp3) is 0.545. The second-order valence-electron chi connectivity index (χ2n) is 9.03. The Hall–Kier alpha value is -2.69. The van der Waals surface area contributed by atoms with Gasteiger partial charge in [0.25, 0.3) is 0 Å². The van der Waals surface area contributed by atoms with Gasteiger partial charge in [-0.2, -0.15) is 9.97 Å². The Morgan fingerprint density at radius 2 is 1.85 bits per heavy atom. The molecule has 0 amide bonds. The first-order valence-corrected chi connectivity index (χ1v) is 11.7. The Morgan fingerprint density at radius 1 is 1.12 bits per heavy atom. The first-order valence-electron chi connectivity index (χ1n) is 11.3. The number of benzene rings is 1. The molecule has 5 N–H and O–H groups in total. The molecule has 10 nitrogen and oxygen atoms in total. The number of aliphatic hydroxyl groups excluding tert-OH is 1. The lowest BCUT2D eigenvalue weighted by Crippen LogP contribution is -2.50.